The summed E-state index contributed by atoms with van der Waals surface area (Å²) >= 11 is 1.74. The summed E-state index contributed by atoms with van der Waals surface area (Å²) in [6, 6.07) is 12.3. The average Bonchev–Trinajstić information content (AvgIpc) is 3.17. The summed E-state index contributed by atoms with van der Waals surface area (Å²) in [6.45, 7) is 8.25. The topological polar surface area (TPSA) is 41.6 Å². The van der Waals surface area contributed by atoms with Gasteiger partial charge in [-0.3, -0.25) is 9.69 Å². The summed E-state index contributed by atoms with van der Waals surface area (Å²) < 4.78 is 5.47. The fourth-order valence-corrected chi connectivity index (χ4v) is 3.95. The molecule has 0 saturated carbocycles. The molecule has 134 valence electrons. The second kappa shape index (κ2) is 8.61. The van der Waals surface area contributed by atoms with Gasteiger partial charge in [-0.05, 0) is 35.1 Å². The van der Waals surface area contributed by atoms with Crippen molar-refractivity contribution in [2.75, 3.05) is 32.8 Å². The molecular weight excluding hydrogens is 332 g/mol. The standard InChI is InChI=1S/C20H26N2O2S/c1-15(2)16-5-7-17(8-6-16)20(23)21-14-18(19-4-3-13-25-19)22-9-11-24-12-10-22/h3-8,13,15,18H,9-12,14H2,1-2H3,(H,21,23). The third-order valence-corrected chi connectivity index (χ3v) is 5.63. The lowest BCUT2D eigenvalue weighted by molar-refractivity contribution is 0.0169. The SMILES string of the molecule is CC(C)c1ccc(C(=O)NCC(c2cccs2)N2CCOCC2)cc1. The van der Waals surface area contributed by atoms with Gasteiger partial charge in [-0.15, -0.1) is 11.3 Å². The van der Waals surface area contributed by atoms with E-state index in [1.807, 2.05) is 24.3 Å². The number of benzene rings is 1. The van der Waals surface area contributed by atoms with Gasteiger partial charge in [0.05, 0.1) is 19.3 Å². The molecule has 0 spiro atoms. The number of carbonyl (C=O) groups is 1. The minimum atomic E-state index is -0.00915. The molecular formula is C20H26N2O2S. The molecule has 1 fully saturated rings. The van der Waals surface area contributed by atoms with Crippen molar-refractivity contribution < 1.29 is 9.53 Å². The van der Waals surface area contributed by atoms with E-state index in [4.69, 9.17) is 4.74 Å². The molecule has 5 heteroatoms. The van der Waals surface area contributed by atoms with Crippen LogP contribution in [0.1, 0.15) is 46.6 Å². The number of nitrogens with zero attached hydrogens (tertiary/aromatic N) is 1. The van der Waals surface area contributed by atoms with E-state index in [2.05, 4.69) is 41.6 Å². The molecule has 2 heterocycles. The van der Waals surface area contributed by atoms with Gasteiger partial charge in [0.1, 0.15) is 0 Å². The van der Waals surface area contributed by atoms with Gasteiger partial charge in [-0.25, -0.2) is 0 Å². The van der Waals surface area contributed by atoms with Gasteiger partial charge in [0.2, 0.25) is 0 Å². The van der Waals surface area contributed by atoms with Crippen molar-refractivity contribution in [2.45, 2.75) is 25.8 Å². The summed E-state index contributed by atoms with van der Waals surface area (Å²) in [6.07, 6.45) is 0. The van der Waals surface area contributed by atoms with E-state index in [1.54, 1.807) is 11.3 Å². The second-order valence-corrected chi connectivity index (χ2v) is 7.65. The van der Waals surface area contributed by atoms with Crippen LogP contribution in [0.5, 0.6) is 0 Å². The van der Waals surface area contributed by atoms with E-state index >= 15 is 0 Å². The monoisotopic (exact) mass is 358 g/mol. The van der Waals surface area contributed by atoms with Gasteiger partial charge < -0.3 is 10.1 Å². The van der Waals surface area contributed by atoms with Gasteiger partial charge in [-0.1, -0.05) is 32.0 Å². The lowest BCUT2D eigenvalue weighted by atomic mass is 10.0. The Morgan fingerprint density at radius 1 is 1.20 bits per heavy atom. The first-order valence-corrected chi connectivity index (χ1v) is 9.76. The molecule has 1 N–H and O–H groups in total. The smallest absolute Gasteiger partial charge is 0.251 e. The van der Waals surface area contributed by atoms with Gasteiger partial charge in [0, 0.05) is 30.1 Å². The number of hydrogen-bond donors (Lipinski definition) is 1. The van der Waals surface area contributed by atoms with E-state index in [9.17, 15) is 4.79 Å². The maximum atomic E-state index is 12.5. The molecule has 1 aliphatic rings. The first kappa shape index (κ1) is 18.1. The largest absolute Gasteiger partial charge is 0.379 e. The number of amides is 1. The van der Waals surface area contributed by atoms with Gasteiger partial charge in [0.25, 0.3) is 5.91 Å². The fraction of sp³-hybridized carbons (Fsp3) is 0.450. The number of hydrogen-bond acceptors (Lipinski definition) is 4. The summed E-state index contributed by atoms with van der Waals surface area (Å²) in [7, 11) is 0. The lowest BCUT2D eigenvalue weighted by Gasteiger charge is -2.34. The highest BCUT2D eigenvalue weighted by atomic mass is 32.1. The Morgan fingerprint density at radius 2 is 1.92 bits per heavy atom. The van der Waals surface area contributed by atoms with Crippen LogP contribution in [0.25, 0.3) is 0 Å². The number of ether oxygens (including phenoxy) is 1. The molecule has 4 nitrogen and oxygen atoms in total. The first-order chi connectivity index (χ1) is 12.1. The number of rotatable bonds is 6. The van der Waals surface area contributed by atoms with Crippen LogP contribution in [0.2, 0.25) is 0 Å². The third-order valence-electron chi connectivity index (χ3n) is 4.65. The first-order valence-electron chi connectivity index (χ1n) is 8.88. The molecule has 1 aliphatic heterocycles. The van der Waals surface area contributed by atoms with E-state index in [0.717, 1.165) is 31.9 Å². The number of morpholine rings is 1. The predicted octanol–water partition coefficient (Wildman–Crippen LogP) is 3.67. The number of nitrogens with one attached hydrogen (secondary N) is 1. The molecule has 1 amide bonds. The Bertz CT molecular complexity index is 662. The molecule has 1 saturated heterocycles. The second-order valence-electron chi connectivity index (χ2n) is 6.67. The van der Waals surface area contributed by atoms with Crippen LogP contribution in [0.3, 0.4) is 0 Å². The summed E-state index contributed by atoms with van der Waals surface area (Å²) in [5.74, 6) is 0.465. The Hall–Kier alpha value is -1.69. The normalized spacial score (nSPS) is 16.8. The summed E-state index contributed by atoms with van der Waals surface area (Å²) in [5, 5.41) is 5.21. The van der Waals surface area contributed by atoms with Crippen molar-refractivity contribution in [1.82, 2.24) is 10.2 Å². The van der Waals surface area contributed by atoms with Crippen molar-refractivity contribution >= 4 is 17.2 Å². The van der Waals surface area contributed by atoms with Crippen molar-refractivity contribution in [2.24, 2.45) is 0 Å². The number of carbonyl (C=O) groups excluding carboxylic acids is 1. The van der Waals surface area contributed by atoms with Gasteiger partial charge in [-0.2, -0.15) is 0 Å². The minimum absolute atomic E-state index is 0.00915. The average molecular weight is 359 g/mol. The Kier molecular flexibility index (Phi) is 6.24. The molecule has 1 atom stereocenters. The van der Waals surface area contributed by atoms with Crippen LogP contribution in [0.4, 0.5) is 0 Å². The molecule has 1 unspecified atom stereocenters. The van der Waals surface area contributed by atoms with Crippen LogP contribution in [-0.4, -0.2) is 43.7 Å². The molecule has 0 aliphatic carbocycles. The predicted molar refractivity (Wildman–Crippen MR) is 102 cm³/mol. The third kappa shape index (κ3) is 4.69. The van der Waals surface area contributed by atoms with E-state index in [-0.39, 0.29) is 11.9 Å². The van der Waals surface area contributed by atoms with Gasteiger partial charge in [0.15, 0.2) is 0 Å². The highest BCUT2D eigenvalue weighted by Crippen LogP contribution is 2.25. The Balaban J connectivity index is 1.64. The van der Waals surface area contributed by atoms with E-state index < -0.39 is 0 Å². The van der Waals surface area contributed by atoms with E-state index in [0.29, 0.717) is 12.5 Å². The quantitative estimate of drug-likeness (QED) is 0.856. The Labute approximate surface area is 153 Å². The summed E-state index contributed by atoms with van der Waals surface area (Å²) in [4.78, 5) is 16.2. The van der Waals surface area contributed by atoms with Crippen LogP contribution in [0, 0.1) is 0 Å². The zero-order chi connectivity index (χ0) is 17.6. The molecule has 1 aromatic carbocycles. The summed E-state index contributed by atoms with van der Waals surface area (Å²) in [5.41, 5.74) is 1.97. The molecule has 25 heavy (non-hydrogen) atoms. The van der Waals surface area contributed by atoms with Crippen LogP contribution >= 0.6 is 11.3 Å². The van der Waals surface area contributed by atoms with Crippen LogP contribution in [0.15, 0.2) is 41.8 Å². The Morgan fingerprint density at radius 3 is 2.52 bits per heavy atom. The highest BCUT2D eigenvalue weighted by Gasteiger charge is 2.24. The molecule has 3 rings (SSSR count). The van der Waals surface area contributed by atoms with Gasteiger partial charge >= 0.3 is 0 Å². The van der Waals surface area contributed by atoms with Crippen molar-refractivity contribution in [3.63, 3.8) is 0 Å². The van der Waals surface area contributed by atoms with Crippen LogP contribution < -0.4 is 5.32 Å². The minimum Gasteiger partial charge on any atom is -0.379 e. The highest BCUT2D eigenvalue weighted by molar-refractivity contribution is 7.10. The maximum Gasteiger partial charge on any atom is 0.251 e. The number of thiophene rings is 1. The maximum absolute atomic E-state index is 12.5. The molecule has 0 radical (unpaired) electrons. The van der Waals surface area contributed by atoms with Crippen molar-refractivity contribution in [1.29, 1.82) is 0 Å². The van der Waals surface area contributed by atoms with Crippen LogP contribution in [-0.2, 0) is 4.74 Å². The zero-order valence-corrected chi connectivity index (χ0v) is 15.7. The lowest BCUT2D eigenvalue weighted by Crippen LogP contribution is -2.43. The molecule has 1 aromatic heterocycles. The van der Waals surface area contributed by atoms with Crippen molar-refractivity contribution in [3.8, 4) is 0 Å². The molecule has 2 aromatic rings. The zero-order valence-electron chi connectivity index (χ0n) is 14.9. The van der Waals surface area contributed by atoms with Crippen molar-refractivity contribution in [3.05, 3.63) is 57.8 Å². The van der Waals surface area contributed by atoms with E-state index in [1.165, 1.54) is 10.4 Å². The fourth-order valence-electron chi connectivity index (χ4n) is 3.09. The molecule has 0 bridgehead atoms.